The van der Waals surface area contributed by atoms with Crippen molar-refractivity contribution >= 4 is 18.4 Å². The van der Waals surface area contributed by atoms with Crippen molar-refractivity contribution in [2.45, 2.75) is 19.1 Å². The van der Waals surface area contributed by atoms with E-state index in [0.717, 1.165) is 0 Å². The van der Waals surface area contributed by atoms with Crippen molar-refractivity contribution in [1.29, 1.82) is 0 Å². The van der Waals surface area contributed by atoms with Crippen LogP contribution in [0.25, 0.3) is 0 Å². The van der Waals surface area contributed by atoms with Gasteiger partial charge in [-0.15, -0.1) is 12.4 Å². The van der Waals surface area contributed by atoms with E-state index in [2.05, 4.69) is 10.5 Å². The summed E-state index contributed by atoms with van der Waals surface area (Å²) in [6, 6.07) is 0. The Morgan fingerprint density at radius 3 is 2.33 bits per heavy atom. The van der Waals surface area contributed by atoms with Crippen LogP contribution >= 0.6 is 12.4 Å². The Morgan fingerprint density at radius 2 is 2.08 bits per heavy atom. The van der Waals surface area contributed by atoms with Gasteiger partial charge < -0.3 is 4.74 Å². The molecule has 0 fully saturated rings. The Hall–Kier alpha value is -0.490. The van der Waals surface area contributed by atoms with Crippen LogP contribution in [-0.4, -0.2) is 24.8 Å². The molecule has 0 saturated carbocycles. The Kier molecular flexibility index (Phi) is 6.10. The lowest BCUT2D eigenvalue weighted by Gasteiger charge is -2.16. The van der Waals surface area contributed by atoms with E-state index in [9.17, 15) is 18.0 Å². The zero-order valence-electron chi connectivity index (χ0n) is 6.22. The van der Waals surface area contributed by atoms with Crippen molar-refractivity contribution in [3.05, 3.63) is 0 Å². The van der Waals surface area contributed by atoms with Gasteiger partial charge in [0.2, 0.25) is 0 Å². The second-order valence-corrected chi connectivity index (χ2v) is 1.79. The highest BCUT2D eigenvalue weighted by Gasteiger charge is 2.45. The van der Waals surface area contributed by atoms with Crippen molar-refractivity contribution in [3.63, 3.8) is 0 Å². The normalized spacial score (nSPS) is 14.8. The minimum Gasteiger partial charge on any atom is -0.462 e. The Bertz CT molecular complexity index is 154. The van der Waals surface area contributed by atoms with Crippen LogP contribution in [0.2, 0.25) is 0 Å². The number of alkyl halides is 3. The number of carbonyl (C=O) groups is 1. The fourth-order valence-corrected chi connectivity index (χ4v) is 0.331. The van der Waals surface area contributed by atoms with E-state index >= 15 is 0 Å². The van der Waals surface area contributed by atoms with Gasteiger partial charge in [0.15, 0.2) is 0 Å². The van der Waals surface area contributed by atoms with E-state index in [1.807, 2.05) is 0 Å². The summed E-state index contributed by atoms with van der Waals surface area (Å²) in [7, 11) is 0. The predicted molar refractivity (Wildman–Crippen MR) is 37.9 cm³/mol. The molecule has 0 aromatic rings. The molecular formula is C5H9ClF3NO2. The summed E-state index contributed by atoms with van der Waals surface area (Å²) in [6.45, 7) is 1.17. The van der Waals surface area contributed by atoms with Crippen molar-refractivity contribution < 1.29 is 22.7 Å². The molecule has 0 bridgehead atoms. The summed E-state index contributed by atoms with van der Waals surface area (Å²) in [4.78, 5) is 10.3. The van der Waals surface area contributed by atoms with Crippen molar-refractivity contribution in [2.24, 2.45) is 5.73 Å². The Balaban J connectivity index is 0. The van der Waals surface area contributed by atoms with E-state index in [1.54, 1.807) is 0 Å². The van der Waals surface area contributed by atoms with Crippen molar-refractivity contribution in [2.75, 3.05) is 6.61 Å². The van der Waals surface area contributed by atoms with E-state index in [1.165, 1.54) is 6.92 Å². The molecule has 2 N–H and O–H groups in total. The number of rotatable bonds is 3. The van der Waals surface area contributed by atoms with Crippen LogP contribution in [0.5, 0.6) is 0 Å². The SMILES string of the molecule is CCOC(=O)C(N)(F)C(F)F.Cl. The lowest BCUT2D eigenvalue weighted by Crippen LogP contribution is -2.51. The summed E-state index contributed by atoms with van der Waals surface area (Å²) in [5, 5.41) is 0. The summed E-state index contributed by atoms with van der Waals surface area (Å²) in [6.07, 6.45) is -3.57. The van der Waals surface area contributed by atoms with Crippen LogP contribution in [-0.2, 0) is 9.53 Å². The molecule has 0 rings (SSSR count). The first-order valence-electron chi connectivity index (χ1n) is 2.86. The molecule has 1 unspecified atom stereocenters. The van der Waals surface area contributed by atoms with Gasteiger partial charge in [-0.3, -0.25) is 5.73 Å². The van der Waals surface area contributed by atoms with Crippen LogP contribution in [0.4, 0.5) is 13.2 Å². The molecule has 0 heterocycles. The molecule has 7 heteroatoms. The molecule has 0 aromatic carbocycles. The Labute approximate surface area is 73.5 Å². The monoisotopic (exact) mass is 207 g/mol. The molecule has 3 nitrogen and oxygen atoms in total. The number of hydrogen-bond donors (Lipinski definition) is 1. The second kappa shape index (κ2) is 5.21. The number of carbonyl (C=O) groups excluding carboxylic acids is 1. The van der Waals surface area contributed by atoms with Crippen LogP contribution < -0.4 is 5.73 Å². The quantitative estimate of drug-likeness (QED) is 0.552. The maximum absolute atomic E-state index is 12.3. The fourth-order valence-electron chi connectivity index (χ4n) is 0.331. The van der Waals surface area contributed by atoms with Crippen LogP contribution in [0.15, 0.2) is 0 Å². The van der Waals surface area contributed by atoms with E-state index in [0.29, 0.717) is 0 Å². The van der Waals surface area contributed by atoms with Crippen LogP contribution in [0, 0.1) is 0 Å². The average Bonchev–Trinajstić information content (AvgIpc) is 1.88. The highest BCUT2D eigenvalue weighted by atomic mass is 35.5. The third kappa shape index (κ3) is 3.27. The number of ether oxygens (including phenoxy) is 1. The molecule has 0 aromatic heterocycles. The first-order chi connectivity index (χ1) is 4.92. The summed E-state index contributed by atoms with van der Waals surface area (Å²) >= 11 is 0. The number of halogens is 4. The van der Waals surface area contributed by atoms with E-state index < -0.39 is 18.2 Å². The molecule has 0 amide bonds. The highest BCUT2D eigenvalue weighted by Crippen LogP contribution is 2.15. The van der Waals surface area contributed by atoms with Gasteiger partial charge in [-0.25, -0.2) is 18.0 Å². The van der Waals surface area contributed by atoms with E-state index in [-0.39, 0.29) is 19.0 Å². The molecule has 0 radical (unpaired) electrons. The number of hydrogen-bond acceptors (Lipinski definition) is 3. The van der Waals surface area contributed by atoms with Crippen molar-refractivity contribution in [3.8, 4) is 0 Å². The zero-order valence-corrected chi connectivity index (χ0v) is 7.04. The van der Waals surface area contributed by atoms with Gasteiger partial charge in [0.05, 0.1) is 6.61 Å². The third-order valence-corrected chi connectivity index (χ3v) is 0.906. The van der Waals surface area contributed by atoms with Gasteiger partial charge in [0.1, 0.15) is 0 Å². The van der Waals surface area contributed by atoms with Crippen LogP contribution in [0.3, 0.4) is 0 Å². The third-order valence-electron chi connectivity index (χ3n) is 0.906. The smallest absolute Gasteiger partial charge is 0.365 e. The van der Waals surface area contributed by atoms with Gasteiger partial charge in [-0.2, -0.15) is 0 Å². The Morgan fingerprint density at radius 1 is 1.67 bits per heavy atom. The van der Waals surface area contributed by atoms with Gasteiger partial charge in [0, 0.05) is 0 Å². The molecule has 0 spiro atoms. The molecule has 0 aliphatic carbocycles. The molecular weight excluding hydrogens is 199 g/mol. The first-order valence-corrected chi connectivity index (χ1v) is 2.86. The molecule has 12 heavy (non-hydrogen) atoms. The topological polar surface area (TPSA) is 52.3 Å². The standard InChI is InChI=1S/C5H8F3NO2.ClH/c1-2-11-4(10)5(8,9)3(6)7;/h3H,2,9H2,1H3;1H. The largest absolute Gasteiger partial charge is 0.462 e. The molecule has 74 valence electrons. The number of esters is 1. The number of nitrogens with two attached hydrogens (primary N) is 1. The predicted octanol–water partition coefficient (Wildman–Crippen LogP) is 0.861. The van der Waals surface area contributed by atoms with E-state index in [4.69, 9.17) is 0 Å². The van der Waals surface area contributed by atoms with Gasteiger partial charge >= 0.3 is 11.8 Å². The maximum atomic E-state index is 12.3. The summed E-state index contributed by atoms with van der Waals surface area (Å²) in [5.41, 5.74) is 4.30. The maximum Gasteiger partial charge on any atom is 0.365 e. The summed E-state index contributed by atoms with van der Waals surface area (Å²) < 4.78 is 39.5. The minimum atomic E-state index is -3.68. The van der Waals surface area contributed by atoms with Gasteiger partial charge in [-0.1, -0.05) is 0 Å². The zero-order chi connectivity index (χ0) is 9.07. The lowest BCUT2D eigenvalue weighted by molar-refractivity contribution is -0.168. The van der Waals surface area contributed by atoms with Gasteiger partial charge in [-0.05, 0) is 6.92 Å². The second-order valence-electron chi connectivity index (χ2n) is 1.79. The minimum absolute atomic E-state index is 0. The molecule has 0 aliphatic rings. The van der Waals surface area contributed by atoms with Crippen molar-refractivity contribution in [1.82, 2.24) is 0 Å². The molecule has 1 atom stereocenters. The lowest BCUT2D eigenvalue weighted by atomic mass is 10.3. The van der Waals surface area contributed by atoms with Crippen LogP contribution in [0.1, 0.15) is 6.92 Å². The molecule has 0 saturated heterocycles. The summed E-state index contributed by atoms with van der Waals surface area (Å²) in [5.74, 6) is -5.43. The molecule has 0 aliphatic heterocycles. The van der Waals surface area contributed by atoms with Gasteiger partial charge in [0.25, 0.3) is 6.43 Å². The average molecular weight is 208 g/mol. The first kappa shape index (κ1) is 14.1. The highest BCUT2D eigenvalue weighted by molar-refractivity contribution is 5.85. The fraction of sp³-hybridized carbons (Fsp3) is 0.800.